The van der Waals surface area contributed by atoms with E-state index in [-0.39, 0.29) is 42.0 Å². The van der Waals surface area contributed by atoms with Gasteiger partial charge in [0, 0.05) is 37.6 Å². The second-order valence-corrected chi connectivity index (χ2v) is 12.6. The quantitative estimate of drug-likeness (QED) is 0.138. The zero-order valence-electron chi connectivity index (χ0n) is 25.4. The van der Waals surface area contributed by atoms with Crippen molar-refractivity contribution in [3.05, 3.63) is 29.8 Å². The highest BCUT2D eigenvalue weighted by Gasteiger charge is 2.44. The van der Waals surface area contributed by atoms with Crippen molar-refractivity contribution in [2.75, 3.05) is 31.1 Å². The minimum Gasteiger partial charge on any atom is -0.508 e. The van der Waals surface area contributed by atoms with Crippen molar-refractivity contribution in [1.29, 1.82) is 0 Å². The lowest BCUT2D eigenvalue weighted by atomic mass is 10.0. The summed E-state index contributed by atoms with van der Waals surface area (Å²) in [6, 6.07) is 0.407. The molecule has 0 unspecified atom stereocenters. The van der Waals surface area contributed by atoms with Crippen LogP contribution in [0, 0.1) is 0 Å². The fraction of sp³-hybridized carbons (Fsp3) is 0.600. The summed E-state index contributed by atoms with van der Waals surface area (Å²) in [5.74, 6) is -3.61. The number of nitrogens with two attached hydrogens (primary N) is 1. The van der Waals surface area contributed by atoms with Gasteiger partial charge in [0.25, 0.3) is 0 Å². The van der Waals surface area contributed by atoms with Gasteiger partial charge in [-0.05, 0) is 56.2 Å². The summed E-state index contributed by atoms with van der Waals surface area (Å²) in [7, 11) is 0. The van der Waals surface area contributed by atoms with Gasteiger partial charge in [0.2, 0.25) is 29.5 Å². The maximum atomic E-state index is 14.0. The summed E-state index contributed by atoms with van der Waals surface area (Å²) in [5, 5.41) is 24.4. The predicted octanol–water partition coefficient (Wildman–Crippen LogP) is -0.851. The molecule has 3 heterocycles. The van der Waals surface area contributed by atoms with Crippen molar-refractivity contribution in [2.24, 2.45) is 5.73 Å². The van der Waals surface area contributed by atoms with Crippen LogP contribution in [0.1, 0.15) is 44.1 Å². The lowest BCUT2D eigenvalue weighted by molar-refractivity contribution is -0.148. The Morgan fingerprint density at radius 2 is 1.26 bits per heavy atom. The number of phenolic OH excluding ortho intramolecular Hbond substituents is 1. The molecule has 3 aliphatic rings. The molecule has 0 saturated carbocycles. The van der Waals surface area contributed by atoms with E-state index in [9.17, 15) is 39.0 Å². The Kier molecular flexibility index (Phi) is 12.2. The molecule has 6 atom stereocenters. The number of rotatable bonds is 12. The van der Waals surface area contributed by atoms with Crippen LogP contribution in [-0.2, 0) is 35.2 Å². The first-order valence-corrected chi connectivity index (χ1v) is 16.7. The number of carbonyl (C=O) groups excluding carboxylic acids is 5. The first kappa shape index (κ1) is 35.4. The standard InChI is InChI=1S/C30H42N6O8S2/c31-19(15-45)27(40)36-13-3-6-24(36)29(42)35-12-2-5-23(35)25(38)32-20(14-17-7-9-18(37)10-8-17)28(41)34-11-1-4-22(34)26(39)33-21(16-46)30(43)44/h7-10,19-24,37,45-46H,1-6,11-16,31H2,(H,32,38)(H,33,39)(H,43,44)/t19-,20-,21-,22-,23-,24-/m0/s1. The highest BCUT2D eigenvalue weighted by molar-refractivity contribution is 7.80. The van der Waals surface area contributed by atoms with E-state index in [0.29, 0.717) is 57.2 Å². The van der Waals surface area contributed by atoms with Crippen LogP contribution in [-0.4, -0.2) is 128 Å². The molecular weight excluding hydrogens is 636 g/mol. The zero-order chi connectivity index (χ0) is 33.5. The van der Waals surface area contributed by atoms with Gasteiger partial charge < -0.3 is 41.3 Å². The molecule has 14 nitrogen and oxygen atoms in total. The van der Waals surface area contributed by atoms with Crippen molar-refractivity contribution >= 4 is 60.8 Å². The van der Waals surface area contributed by atoms with Gasteiger partial charge >= 0.3 is 5.97 Å². The van der Waals surface area contributed by atoms with Crippen molar-refractivity contribution in [3.8, 4) is 5.75 Å². The minimum absolute atomic E-state index is 0.0268. The van der Waals surface area contributed by atoms with Crippen LogP contribution >= 0.6 is 25.3 Å². The Hall–Kier alpha value is -3.50. The van der Waals surface area contributed by atoms with Crippen LogP contribution < -0.4 is 16.4 Å². The number of likely N-dealkylation sites (tertiary alicyclic amines) is 3. The molecule has 3 saturated heterocycles. The second kappa shape index (κ2) is 15.9. The van der Waals surface area contributed by atoms with E-state index >= 15 is 0 Å². The largest absolute Gasteiger partial charge is 0.508 e. The smallest absolute Gasteiger partial charge is 0.327 e. The molecule has 0 radical (unpaired) electrons. The maximum absolute atomic E-state index is 14.0. The number of carbonyl (C=O) groups is 6. The van der Waals surface area contributed by atoms with E-state index in [1.54, 1.807) is 12.1 Å². The Labute approximate surface area is 278 Å². The van der Waals surface area contributed by atoms with Crippen molar-refractivity contribution in [3.63, 3.8) is 0 Å². The number of carboxylic acids is 1. The van der Waals surface area contributed by atoms with Crippen LogP contribution in [0.2, 0.25) is 0 Å². The number of thiol groups is 2. The molecule has 46 heavy (non-hydrogen) atoms. The fourth-order valence-corrected chi connectivity index (χ4v) is 6.77. The molecule has 6 N–H and O–H groups in total. The molecule has 0 bridgehead atoms. The number of carboxylic acid groups (broad SMARTS) is 1. The van der Waals surface area contributed by atoms with Gasteiger partial charge in [-0.15, -0.1) is 0 Å². The molecule has 252 valence electrons. The topological polar surface area (TPSA) is 203 Å². The average molecular weight is 679 g/mol. The van der Waals surface area contributed by atoms with Crippen molar-refractivity contribution in [2.45, 2.75) is 81.2 Å². The fourth-order valence-electron chi connectivity index (χ4n) is 6.37. The summed E-state index contributed by atoms with van der Waals surface area (Å²) in [6.07, 6.45) is 2.85. The van der Waals surface area contributed by atoms with Gasteiger partial charge in [0.05, 0.1) is 6.04 Å². The zero-order valence-corrected chi connectivity index (χ0v) is 27.2. The second-order valence-electron chi connectivity index (χ2n) is 11.9. The van der Waals surface area contributed by atoms with Gasteiger partial charge in [-0.1, -0.05) is 12.1 Å². The maximum Gasteiger partial charge on any atom is 0.327 e. The number of benzene rings is 1. The van der Waals surface area contributed by atoms with E-state index in [0.717, 1.165) is 0 Å². The molecule has 16 heteroatoms. The van der Waals surface area contributed by atoms with Gasteiger partial charge in [0.15, 0.2) is 0 Å². The summed E-state index contributed by atoms with van der Waals surface area (Å²) in [4.78, 5) is 83.2. The van der Waals surface area contributed by atoms with Gasteiger partial charge in [0.1, 0.15) is 36.0 Å². The Bertz CT molecular complexity index is 1320. The third-order valence-corrected chi connectivity index (χ3v) is 9.56. The molecule has 4 rings (SSSR count). The Morgan fingerprint density at radius 3 is 1.80 bits per heavy atom. The van der Waals surface area contributed by atoms with Crippen molar-refractivity contribution in [1.82, 2.24) is 25.3 Å². The van der Waals surface area contributed by atoms with E-state index in [1.165, 1.54) is 26.8 Å². The summed E-state index contributed by atoms with van der Waals surface area (Å²) < 4.78 is 0. The monoisotopic (exact) mass is 678 g/mol. The van der Waals surface area contributed by atoms with E-state index in [2.05, 4.69) is 35.9 Å². The average Bonchev–Trinajstić information content (AvgIpc) is 3.83. The number of nitrogens with one attached hydrogen (secondary N) is 2. The first-order valence-electron chi connectivity index (χ1n) is 15.5. The van der Waals surface area contributed by atoms with Crippen LogP contribution in [0.15, 0.2) is 24.3 Å². The summed E-state index contributed by atoms with van der Waals surface area (Å²) in [6.45, 7) is 0.927. The van der Waals surface area contributed by atoms with E-state index in [4.69, 9.17) is 5.73 Å². The van der Waals surface area contributed by atoms with Gasteiger partial charge in [-0.3, -0.25) is 24.0 Å². The molecule has 3 aliphatic heterocycles. The minimum atomic E-state index is -1.25. The lowest BCUT2D eigenvalue weighted by Crippen LogP contribution is -2.59. The number of phenols is 1. The van der Waals surface area contributed by atoms with Gasteiger partial charge in [-0.2, -0.15) is 25.3 Å². The van der Waals surface area contributed by atoms with E-state index < -0.39 is 59.9 Å². The molecule has 3 fully saturated rings. The number of aliphatic carboxylic acids is 1. The predicted molar refractivity (Wildman–Crippen MR) is 173 cm³/mol. The van der Waals surface area contributed by atoms with Crippen LogP contribution in [0.4, 0.5) is 0 Å². The SMILES string of the molecule is N[C@@H](CS)C(=O)N1CCC[C@H]1C(=O)N1CCC[C@H]1C(=O)N[C@@H](Cc1ccc(O)cc1)C(=O)N1CCC[C@H]1C(=O)N[C@@H](CS)C(=O)O. The summed E-state index contributed by atoms with van der Waals surface area (Å²) in [5.41, 5.74) is 6.54. The van der Waals surface area contributed by atoms with Crippen molar-refractivity contribution < 1.29 is 39.0 Å². The molecule has 0 aliphatic carbocycles. The Morgan fingerprint density at radius 1 is 0.761 bits per heavy atom. The number of hydrogen-bond acceptors (Lipinski definition) is 10. The molecule has 1 aromatic rings. The normalized spacial score (nSPS) is 23.1. The number of amides is 5. The molecule has 5 amide bonds. The molecule has 0 aromatic heterocycles. The van der Waals surface area contributed by atoms with E-state index in [1.807, 2.05) is 0 Å². The van der Waals surface area contributed by atoms with Crippen LogP contribution in [0.5, 0.6) is 5.75 Å². The third kappa shape index (κ3) is 8.07. The molecule has 0 spiro atoms. The lowest BCUT2D eigenvalue weighted by Gasteiger charge is -2.33. The highest BCUT2D eigenvalue weighted by atomic mass is 32.1. The molecule has 1 aromatic carbocycles. The highest BCUT2D eigenvalue weighted by Crippen LogP contribution is 2.26. The number of aromatic hydroxyl groups is 1. The van der Waals surface area contributed by atoms with Crippen LogP contribution in [0.3, 0.4) is 0 Å². The summed E-state index contributed by atoms with van der Waals surface area (Å²) >= 11 is 8.10. The van der Waals surface area contributed by atoms with Crippen LogP contribution in [0.25, 0.3) is 0 Å². The molecular formula is C30H42N6O8S2. The van der Waals surface area contributed by atoms with Gasteiger partial charge in [-0.25, -0.2) is 4.79 Å². The Balaban J connectivity index is 1.52. The third-order valence-electron chi connectivity index (χ3n) is 8.80. The number of hydrogen-bond donors (Lipinski definition) is 7. The number of nitrogens with zero attached hydrogens (tertiary/aromatic N) is 3. The first-order chi connectivity index (χ1) is 22.0.